The second-order valence-corrected chi connectivity index (χ2v) is 14.2. The molecule has 1 aliphatic rings. The van der Waals surface area contributed by atoms with Crippen molar-refractivity contribution in [3.63, 3.8) is 0 Å². The smallest absolute Gasteiger partial charge is 0.0546 e. The number of hydrogen-bond donors (Lipinski definition) is 0. The van der Waals surface area contributed by atoms with Gasteiger partial charge in [-0.05, 0) is 91.9 Å². The predicted molar refractivity (Wildman–Crippen MR) is 231 cm³/mol. The van der Waals surface area contributed by atoms with Crippen molar-refractivity contribution in [1.82, 2.24) is 0 Å². The van der Waals surface area contributed by atoms with Crippen LogP contribution in [0.15, 0.2) is 212 Å². The van der Waals surface area contributed by atoms with Crippen molar-refractivity contribution in [3.8, 4) is 44.5 Å². The van der Waals surface area contributed by atoms with Crippen molar-refractivity contribution in [2.75, 3.05) is 4.90 Å². The minimum Gasteiger partial charge on any atom is -0.309 e. The van der Waals surface area contributed by atoms with E-state index in [4.69, 9.17) is 0 Å². The number of para-hydroxylation sites is 1. The summed E-state index contributed by atoms with van der Waals surface area (Å²) < 4.78 is 0. The quantitative estimate of drug-likeness (QED) is 0.153. The topological polar surface area (TPSA) is 3.24 Å². The lowest BCUT2D eigenvalue weighted by Crippen LogP contribution is -2.12. The summed E-state index contributed by atoms with van der Waals surface area (Å²) in [7, 11) is 0. The molecule has 9 rings (SSSR count). The van der Waals surface area contributed by atoms with Gasteiger partial charge in [-0.1, -0.05) is 195 Å². The van der Waals surface area contributed by atoms with Crippen LogP contribution in [-0.4, -0.2) is 0 Å². The summed E-state index contributed by atoms with van der Waals surface area (Å²) in [5.74, 6) is 0.607. The van der Waals surface area contributed by atoms with Crippen LogP contribution in [-0.2, 0) is 0 Å². The number of anilines is 3. The van der Waals surface area contributed by atoms with Crippen LogP contribution in [0.4, 0.5) is 17.1 Å². The summed E-state index contributed by atoms with van der Waals surface area (Å²) in [5, 5.41) is 2.48. The normalized spacial score (nSPS) is 13.8. The van der Waals surface area contributed by atoms with Crippen LogP contribution in [0.1, 0.15) is 18.9 Å². The molecule has 0 amide bonds. The lowest BCUT2D eigenvalue weighted by Gasteiger charge is -2.30. The lowest BCUT2D eigenvalue weighted by molar-refractivity contribution is 0.739. The van der Waals surface area contributed by atoms with Gasteiger partial charge in [-0.25, -0.2) is 0 Å². The summed E-state index contributed by atoms with van der Waals surface area (Å²) in [6, 6.07) is 70.6. The third kappa shape index (κ3) is 6.57. The Morgan fingerprint density at radius 3 is 1.69 bits per heavy atom. The number of fused-ring (bicyclic) bond motifs is 1. The average molecular weight is 692 g/mol. The molecule has 0 aromatic heterocycles. The Morgan fingerprint density at radius 1 is 0.426 bits per heavy atom. The highest BCUT2D eigenvalue weighted by Gasteiger charge is 2.22. The molecule has 0 fully saturated rings. The highest BCUT2D eigenvalue weighted by Crippen LogP contribution is 2.46. The van der Waals surface area contributed by atoms with Crippen molar-refractivity contribution in [1.29, 1.82) is 0 Å². The largest absolute Gasteiger partial charge is 0.309 e. The summed E-state index contributed by atoms with van der Waals surface area (Å²) >= 11 is 0. The van der Waals surface area contributed by atoms with E-state index in [0.717, 1.165) is 23.5 Å². The molecule has 0 heterocycles. The molecule has 1 aliphatic carbocycles. The lowest BCUT2D eigenvalue weighted by atomic mass is 9.93. The van der Waals surface area contributed by atoms with Gasteiger partial charge in [-0.2, -0.15) is 0 Å². The van der Waals surface area contributed by atoms with Crippen LogP contribution in [0.3, 0.4) is 0 Å². The fourth-order valence-corrected chi connectivity index (χ4v) is 7.76. The molecule has 8 aromatic carbocycles. The summed E-state index contributed by atoms with van der Waals surface area (Å²) in [6.45, 7) is 2.27. The second-order valence-electron chi connectivity index (χ2n) is 14.2. The van der Waals surface area contributed by atoms with Crippen LogP contribution < -0.4 is 4.90 Å². The monoisotopic (exact) mass is 691 g/mol. The fraction of sp³-hybridized carbons (Fsp3) is 0.0566. The van der Waals surface area contributed by atoms with Gasteiger partial charge in [-0.3, -0.25) is 0 Å². The van der Waals surface area contributed by atoms with Crippen molar-refractivity contribution < 1.29 is 0 Å². The molecule has 0 bridgehead atoms. The Morgan fingerprint density at radius 2 is 0.981 bits per heavy atom. The molecule has 258 valence electrons. The molecular weight excluding hydrogens is 651 g/mol. The third-order valence-corrected chi connectivity index (χ3v) is 10.6. The van der Waals surface area contributed by atoms with Gasteiger partial charge >= 0.3 is 0 Å². The van der Waals surface area contributed by atoms with Gasteiger partial charge < -0.3 is 4.90 Å². The summed E-state index contributed by atoms with van der Waals surface area (Å²) in [5.41, 5.74) is 15.4. The first-order valence-electron chi connectivity index (χ1n) is 18.9. The molecule has 8 aromatic rings. The van der Waals surface area contributed by atoms with Crippen molar-refractivity contribution in [3.05, 3.63) is 218 Å². The minimum atomic E-state index is 0.607. The van der Waals surface area contributed by atoms with Crippen molar-refractivity contribution >= 4 is 33.4 Å². The Kier molecular flexibility index (Phi) is 9.05. The van der Waals surface area contributed by atoms with Gasteiger partial charge in [0.15, 0.2) is 0 Å². The van der Waals surface area contributed by atoms with E-state index < -0.39 is 0 Å². The number of hydrogen-bond acceptors (Lipinski definition) is 1. The number of allylic oxidation sites excluding steroid dienone is 4. The van der Waals surface area contributed by atoms with E-state index >= 15 is 0 Å². The number of nitrogens with zero attached hydrogens (tertiary/aromatic N) is 1. The fourth-order valence-electron chi connectivity index (χ4n) is 7.76. The number of benzene rings is 8. The molecule has 54 heavy (non-hydrogen) atoms. The van der Waals surface area contributed by atoms with E-state index in [1.807, 2.05) is 0 Å². The van der Waals surface area contributed by atoms with Crippen molar-refractivity contribution in [2.45, 2.75) is 13.3 Å². The SMILES string of the molecule is CC1C=CC(c2ccc(-c3ccc(N(c4ccccc4-c4ccccc4)c4cc(-c5cccc6ccccc56)ccc4-c4ccccc4)cc3)cc2)=CC1. The van der Waals surface area contributed by atoms with Gasteiger partial charge in [0.2, 0.25) is 0 Å². The maximum Gasteiger partial charge on any atom is 0.0546 e. The first kappa shape index (κ1) is 33.2. The van der Waals surface area contributed by atoms with E-state index in [2.05, 4.69) is 224 Å². The first-order chi connectivity index (χ1) is 26.7. The Hall–Kier alpha value is -6.70. The Bertz CT molecular complexity index is 2610. The minimum absolute atomic E-state index is 0.607. The molecule has 1 nitrogen and oxygen atoms in total. The maximum atomic E-state index is 2.45. The Labute approximate surface area is 318 Å². The van der Waals surface area contributed by atoms with E-state index in [1.54, 1.807) is 0 Å². The van der Waals surface area contributed by atoms with Gasteiger partial charge in [0, 0.05) is 16.8 Å². The van der Waals surface area contributed by atoms with Crippen LogP contribution in [0.5, 0.6) is 0 Å². The van der Waals surface area contributed by atoms with Crippen LogP contribution in [0, 0.1) is 5.92 Å². The standard InChI is InChI=1S/C53H41N/c1-38-23-25-39(26-24-38)40-27-29-41(30-28-40)42-31-34-47(35-32-42)54(52-22-11-10-20-50(52)44-13-4-2-5-14-44)53-37-46(33-36-51(53)45-15-6-3-7-16-45)49-21-12-18-43-17-8-9-19-48(43)49/h2-23,25-38H,24H2,1H3. The van der Waals surface area contributed by atoms with Crippen LogP contribution in [0.25, 0.3) is 60.9 Å². The third-order valence-electron chi connectivity index (χ3n) is 10.6. The van der Waals surface area contributed by atoms with Crippen LogP contribution in [0.2, 0.25) is 0 Å². The van der Waals surface area contributed by atoms with Crippen LogP contribution >= 0.6 is 0 Å². The molecule has 1 heteroatoms. The maximum absolute atomic E-state index is 2.45. The molecule has 0 spiro atoms. The zero-order valence-electron chi connectivity index (χ0n) is 30.4. The first-order valence-corrected chi connectivity index (χ1v) is 18.9. The highest BCUT2D eigenvalue weighted by molar-refractivity contribution is 6.00. The number of rotatable bonds is 8. The van der Waals surface area contributed by atoms with Gasteiger partial charge in [-0.15, -0.1) is 0 Å². The molecule has 1 atom stereocenters. The van der Waals surface area contributed by atoms with E-state index in [-0.39, 0.29) is 0 Å². The summed E-state index contributed by atoms with van der Waals surface area (Å²) in [6.07, 6.45) is 8.02. The molecule has 0 saturated carbocycles. The molecular formula is C53H41N. The van der Waals surface area contributed by atoms with Gasteiger partial charge in [0.1, 0.15) is 0 Å². The van der Waals surface area contributed by atoms with Gasteiger partial charge in [0.25, 0.3) is 0 Å². The van der Waals surface area contributed by atoms with Gasteiger partial charge in [0.05, 0.1) is 11.4 Å². The second kappa shape index (κ2) is 14.7. The van der Waals surface area contributed by atoms with E-state index in [0.29, 0.717) is 5.92 Å². The molecule has 0 radical (unpaired) electrons. The van der Waals surface area contributed by atoms with E-state index in [9.17, 15) is 0 Å². The molecule has 0 N–H and O–H groups in total. The van der Waals surface area contributed by atoms with Crippen molar-refractivity contribution in [2.24, 2.45) is 5.92 Å². The zero-order chi connectivity index (χ0) is 36.3. The molecule has 0 saturated heterocycles. The molecule has 1 unspecified atom stereocenters. The van der Waals surface area contributed by atoms with E-state index in [1.165, 1.54) is 66.4 Å². The average Bonchev–Trinajstić information content (AvgIpc) is 3.25. The summed E-state index contributed by atoms with van der Waals surface area (Å²) in [4.78, 5) is 2.45. The molecule has 0 aliphatic heterocycles. The Balaban J connectivity index is 1.21. The predicted octanol–water partition coefficient (Wildman–Crippen LogP) is 15.0. The zero-order valence-corrected chi connectivity index (χ0v) is 30.4. The highest BCUT2D eigenvalue weighted by atomic mass is 15.1.